The minimum atomic E-state index is -4.86. The van der Waals surface area contributed by atoms with E-state index in [1.807, 2.05) is 0 Å². The summed E-state index contributed by atoms with van der Waals surface area (Å²) in [5.74, 6) is 6.09. The maximum absolute atomic E-state index is 13.4. The van der Waals surface area contributed by atoms with Crippen molar-refractivity contribution in [2.75, 3.05) is 16.9 Å². The SMILES string of the molecule is CC(C)CC(C)C.CC(C)CC(C)C.CC(C)Cc1ccc(C(C)C)cc1.CC(C)Cc1ccc(C(C)C)cc1.CC(C)c1ccc(C(C)C)cc1.CC(C)c1ccc(C(C)C)cc1.CC1(C)C(=O)N(c2ccc(C#N)c(C(F)(F)F)c2)C(=O)N1Cc1cn(CC(=O)NO)nn1.CONC(=O)Cn1cc(CN2C(=O)N(c3ccc(C#N)c(C(F)(F)F)c3)C(=O)C2(C)C)nn1. The molecule has 10 rings (SSSR count). The fourth-order valence-corrected chi connectivity index (χ4v) is 13.9. The van der Waals surface area contributed by atoms with Gasteiger partial charge in [0.05, 0.1) is 78.4 Å². The van der Waals surface area contributed by atoms with E-state index >= 15 is 0 Å². The van der Waals surface area contributed by atoms with Crippen LogP contribution in [0.4, 0.5) is 47.3 Å². The first-order valence-electron chi connectivity index (χ1n) is 44.4. The van der Waals surface area contributed by atoms with Gasteiger partial charge in [-0.2, -0.15) is 36.9 Å². The number of alkyl halides is 6. The molecule has 6 aromatic carbocycles. The Labute approximate surface area is 762 Å². The lowest BCUT2D eigenvalue weighted by Crippen LogP contribution is -2.43. The number of nitriles is 2. The van der Waals surface area contributed by atoms with E-state index in [9.17, 15) is 55.1 Å². The van der Waals surface area contributed by atoms with Gasteiger partial charge in [-0.25, -0.2) is 39.7 Å². The molecule has 2 fully saturated rings. The van der Waals surface area contributed by atoms with Gasteiger partial charge in [-0.15, -0.1) is 10.2 Å². The van der Waals surface area contributed by atoms with Gasteiger partial charge < -0.3 is 9.80 Å². The summed E-state index contributed by atoms with van der Waals surface area (Å²) in [5.41, 5.74) is 8.20. The van der Waals surface area contributed by atoms with Crippen molar-refractivity contribution >= 4 is 47.1 Å². The van der Waals surface area contributed by atoms with E-state index in [1.165, 1.54) is 140 Å². The summed E-state index contributed by atoms with van der Waals surface area (Å²) in [6.45, 7) is 58.6. The summed E-state index contributed by atoms with van der Waals surface area (Å²) in [5, 5.41) is 41.6. The molecule has 3 N–H and O–H groups in total. The number of carbonyl (C=O) groups is 6. The van der Waals surface area contributed by atoms with Gasteiger partial charge in [0.25, 0.3) is 23.6 Å². The number of carbonyl (C=O) groups excluding carboxylic acids is 6. The third kappa shape index (κ3) is 36.4. The quantitative estimate of drug-likeness (QED) is 0.0208. The number of imide groups is 2. The Morgan fingerprint density at radius 1 is 0.419 bits per heavy atom. The number of halogens is 6. The molecule has 2 aliphatic rings. The van der Waals surface area contributed by atoms with Crippen molar-refractivity contribution in [3.63, 3.8) is 0 Å². The molecule has 22 nitrogen and oxygen atoms in total. The molecule has 0 aliphatic carbocycles. The second-order valence-corrected chi connectivity index (χ2v) is 37.9. The minimum Gasteiger partial charge on any atom is -0.304 e. The Bertz CT molecular complexity index is 4700. The zero-order valence-electron chi connectivity index (χ0n) is 81.4. The van der Waals surface area contributed by atoms with Crippen LogP contribution >= 0.6 is 0 Å². The zero-order chi connectivity index (χ0) is 98.1. The highest BCUT2D eigenvalue weighted by Gasteiger charge is 2.54. The standard InChI is InChI=1S/C19H18F3N7O4.C18H16F3N7O4.2C13H20.2C12H18.2C7H16/c1-18(2)16(31)29(13-5-4-11(7-23)14(6-13)19(20,21)22)17(32)28(18)9-12-8-27(26-24-12)10-15(30)25-33-3;1-17(2)15(30)28(12-4-3-10(6-22)13(5-12)18(19,20)21)16(31)27(17)8-11-7-26(25-23-11)9-14(29)24-32;2*1-10(2)9-12-5-7-13(8-6-12)11(3)4;2*1-9(2)11-5-7-12(8-6-11)10(3)4;2*1-6(2)5-7(3)4/h4-6,8H,9-10H2,1-3H3,(H,25,30);3-5,7,32H,8-9H2,1-2H3,(H,24,29);2*5-8,10-11H,9H2,1-4H3;2*5-10H,1-4H3;2*6-7H,5H2,1-4H3. The summed E-state index contributed by atoms with van der Waals surface area (Å²) >= 11 is 0. The van der Waals surface area contributed by atoms with Gasteiger partial charge >= 0.3 is 24.4 Å². The molecule has 0 saturated carbocycles. The van der Waals surface area contributed by atoms with Crippen LogP contribution in [0, 0.1) is 58.2 Å². The van der Waals surface area contributed by atoms with E-state index in [0.717, 1.165) is 74.3 Å². The molecule has 0 spiro atoms. The molecule has 8 amide bonds. The van der Waals surface area contributed by atoms with E-state index in [2.05, 4.69) is 294 Å². The van der Waals surface area contributed by atoms with Gasteiger partial charge in [-0.05, 0) is 205 Å². The van der Waals surface area contributed by atoms with Crippen molar-refractivity contribution in [3.8, 4) is 12.1 Å². The topological polar surface area (TPSA) is 278 Å². The highest BCUT2D eigenvalue weighted by molar-refractivity contribution is 6.23. The van der Waals surface area contributed by atoms with E-state index in [4.69, 9.17) is 15.7 Å². The number of hydrogen-bond acceptors (Lipinski definition) is 14. The van der Waals surface area contributed by atoms with Crippen LogP contribution in [0.3, 0.4) is 0 Å². The number of nitrogens with zero attached hydrogens (tertiary/aromatic N) is 12. The smallest absolute Gasteiger partial charge is 0.304 e. The summed E-state index contributed by atoms with van der Waals surface area (Å²) < 4.78 is 82.3. The van der Waals surface area contributed by atoms with Gasteiger partial charge in [0.2, 0.25) is 0 Å². The summed E-state index contributed by atoms with van der Waals surface area (Å²) in [6, 6.07) is 42.2. The van der Waals surface area contributed by atoms with E-state index in [-0.39, 0.29) is 48.9 Å². The molecule has 706 valence electrons. The number of hydroxylamine groups is 2. The molecular weight excluding hydrogens is 1650 g/mol. The average Bonchev–Trinajstić information content (AvgIpc) is 1.60. The zero-order valence-corrected chi connectivity index (χ0v) is 81.4. The fraction of sp³-hybridized carbons (Fsp3) is 0.525. The maximum atomic E-state index is 13.4. The van der Waals surface area contributed by atoms with Crippen LogP contribution in [0.25, 0.3) is 0 Å². The number of amides is 8. The Balaban J connectivity index is 0.000000407. The predicted octanol–water partition coefficient (Wildman–Crippen LogP) is 24.3. The van der Waals surface area contributed by atoms with Crippen molar-refractivity contribution in [3.05, 3.63) is 224 Å². The maximum Gasteiger partial charge on any atom is 0.417 e. The summed E-state index contributed by atoms with van der Waals surface area (Å²) in [6.07, 6.45) is -1.90. The number of urea groups is 2. The van der Waals surface area contributed by atoms with Crippen molar-refractivity contribution in [2.24, 2.45) is 35.5 Å². The lowest BCUT2D eigenvalue weighted by molar-refractivity contribution is -0.138. The predicted molar refractivity (Wildman–Crippen MR) is 498 cm³/mol. The van der Waals surface area contributed by atoms with E-state index < -0.39 is 81.4 Å². The molecule has 2 saturated heterocycles. The van der Waals surface area contributed by atoms with Gasteiger partial charge in [0.1, 0.15) is 35.6 Å². The third-order valence-electron chi connectivity index (χ3n) is 20.8. The van der Waals surface area contributed by atoms with Gasteiger partial charge in [0.15, 0.2) is 0 Å². The Hall–Kier alpha value is -11.1. The van der Waals surface area contributed by atoms with Gasteiger partial charge in [-0.1, -0.05) is 274 Å². The van der Waals surface area contributed by atoms with Crippen molar-refractivity contribution < 1.29 is 65.2 Å². The number of hydrogen-bond donors (Lipinski definition) is 3. The second kappa shape index (κ2) is 51.9. The van der Waals surface area contributed by atoms with Gasteiger partial charge in [0, 0.05) is 0 Å². The normalized spacial score (nSPS) is 13.5. The first-order chi connectivity index (χ1) is 59.9. The molecule has 8 aromatic rings. The van der Waals surface area contributed by atoms with Crippen molar-refractivity contribution in [1.82, 2.24) is 50.7 Å². The number of nitrogens with one attached hydrogen (secondary N) is 2. The molecule has 0 unspecified atom stereocenters. The summed E-state index contributed by atoms with van der Waals surface area (Å²) in [4.78, 5) is 82.8. The Kier molecular flexibility index (Phi) is 45.1. The molecular formula is C101H142F6N14O8. The van der Waals surface area contributed by atoms with Gasteiger partial charge in [-0.3, -0.25) is 29.2 Å². The van der Waals surface area contributed by atoms with Crippen LogP contribution in [0.15, 0.2) is 146 Å². The molecule has 129 heavy (non-hydrogen) atoms. The molecule has 2 aliphatic heterocycles. The molecule has 0 radical (unpaired) electrons. The first kappa shape index (κ1) is 112. The van der Waals surface area contributed by atoms with Crippen LogP contribution in [0.2, 0.25) is 0 Å². The Morgan fingerprint density at radius 2 is 0.682 bits per heavy atom. The highest BCUT2D eigenvalue weighted by atomic mass is 19.4. The van der Waals surface area contributed by atoms with Crippen LogP contribution < -0.4 is 20.8 Å². The largest absolute Gasteiger partial charge is 0.417 e. The highest BCUT2D eigenvalue weighted by Crippen LogP contribution is 2.41. The molecule has 0 atom stereocenters. The lowest BCUT2D eigenvalue weighted by Gasteiger charge is -2.26. The van der Waals surface area contributed by atoms with E-state index in [1.54, 1.807) is 0 Å². The summed E-state index contributed by atoms with van der Waals surface area (Å²) in [7, 11) is 1.26. The minimum absolute atomic E-state index is 0.192. The molecule has 2 aromatic heterocycles. The van der Waals surface area contributed by atoms with Crippen LogP contribution in [0.1, 0.15) is 320 Å². The first-order valence-corrected chi connectivity index (χ1v) is 44.4. The van der Waals surface area contributed by atoms with E-state index in [0.29, 0.717) is 57.4 Å². The van der Waals surface area contributed by atoms with Crippen LogP contribution in [0.5, 0.6) is 0 Å². The number of anilines is 2. The van der Waals surface area contributed by atoms with Crippen LogP contribution in [-0.4, -0.2) is 98.9 Å². The van der Waals surface area contributed by atoms with Crippen molar-refractivity contribution in [2.45, 2.75) is 305 Å². The fourth-order valence-electron chi connectivity index (χ4n) is 13.9. The number of aromatic nitrogens is 6. The average molecular weight is 1790 g/mol. The lowest BCUT2D eigenvalue weighted by atomic mass is 9.97. The van der Waals surface area contributed by atoms with Crippen LogP contribution in [-0.2, 0) is 75.4 Å². The number of rotatable bonds is 25. The van der Waals surface area contributed by atoms with Crippen molar-refractivity contribution in [1.29, 1.82) is 10.5 Å². The monoisotopic (exact) mass is 1790 g/mol. The molecule has 0 bridgehead atoms. The molecule has 4 heterocycles. The number of benzene rings is 6. The third-order valence-corrected chi connectivity index (χ3v) is 20.8. The Morgan fingerprint density at radius 3 is 0.899 bits per heavy atom. The molecule has 28 heteroatoms. The second-order valence-electron chi connectivity index (χ2n) is 37.9.